The lowest BCUT2D eigenvalue weighted by Gasteiger charge is -2.20. The zero-order chi connectivity index (χ0) is 48.2. The summed E-state index contributed by atoms with van der Waals surface area (Å²) in [6.07, 6.45) is 2.62. The summed E-state index contributed by atoms with van der Waals surface area (Å²) in [5.74, 6) is -4.32. The molecule has 69 heavy (non-hydrogen) atoms. The van der Waals surface area contributed by atoms with E-state index in [9.17, 15) is 28.8 Å². The van der Waals surface area contributed by atoms with Gasteiger partial charge in [0, 0.05) is 24.2 Å². The Morgan fingerprint density at radius 3 is 1.32 bits per heavy atom. The van der Waals surface area contributed by atoms with Gasteiger partial charge in [-0.3, -0.25) is 28.8 Å². The van der Waals surface area contributed by atoms with Crippen LogP contribution in [0.2, 0.25) is 0 Å². The van der Waals surface area contributed by atoms with Crippen LogP contribution in [-0.4, -0.2) is 54.1 Å². The highest BCUT2D eigenvalue weighted by atomic mass is 16.5. The fraction of sp³-hybridized carbons (Fsp3) is 0.214. The second kappa shape index (κ2) is 19.9. The molecule has 0 aliphatic carbocycles. The fourth-order valence-corrected chi connectivity index (χ4v) is 9.48. The van der Waals surface area contributed by atoms with Gasteiger partial charge in [0.2, 0.25) is 23.6 Å². The molecule has 2 atom stereocenters. The van der Waals surface area contributed by atoms with Gasteiger partial charge in [0.1, 0.15) is 17.8 Å². The molecule has 0 saturated heterocycles. The number of hydrogen-bond acceptors (Lipinski definition) is 7. The van der Waals surface area contributed by atoms with Gasteiger partial charge in [0.15, 0.2) is 0 Å². The Labute approximate surface area is 397 Å². The topological polar surface area (TPSA) is 212 Å². The third-order valence-corrected chi connectivity index (χ3v) is 12.9. The van der Waals surface area contributed by atoms with Crippen LogP contribution in [0.3, 0.4) is 0 Å². The number of hydrogen-bond donors (Lipinski definition) is 6. The average molecular weight is 921 g/mol. The summed E-state index contributed by atoms with van der Waals surface area (Å²) in [6, 6.07) is 38.0. The number of carbonyl (C=O) groups is 6. The maximum Gasteiger partial charge on any atom is 0.252 e. The lowest BCUT2D eigenvalue weighted by Crippen LogP contribution is -2.49. The first-order valence-electron chi connectivity index (χ1n) is 23.3. The Hall–Kier alpha value is -8.32. The number of nitrogens with one attached hydrogen (secondary N) is 4. The molecule has 0 aromatic heterocycles. The molecule has 0 saturated carbocycles. The van der Waals surface area contributed by atoms with Crippen molar-refractivity contribution in [3.63, 3.8) is 0 Å². The van der Waals surface area contributed by atoms with Crippen LogP contribution >= 0.6 is 0 Å². The summed E-state index contributed by atoms with van der Waals surface area (Å²) in [7, 11) is 0. The minimum absolute atomic E-state index is 0.0647. The Morgan fingerprint density at radius 2 is 0.899 bits per heavy atom. The van der Waals surface area contributed by atoms with E-state index in [2.05, 4.69) is 76.7 Å². The quantitative estimate of drug-likeness (QED) is 0.0327. The van der Waals surface area contributed by atoms with Crippen LogP contribution in [0.15, 0.2) is 127 Å². The summed E-state index contributed by atoms with van der Waals surface area (Å²) in [6.45, 7) is 2.58. The van der Waals surface area contributed by atoms with Gasteiger partial charge >= 0.3 is 0 Å². The third kappa shape index (κ3) is 9.75. The predicted molar refractivity (Wildman–Crippen MR) is 270 cm³/mol. The molecular weight excluding hydrogens is 869 g/mol. The molecule has 6 amide bonds. The van der Waals surface area contributed by atoms with Crippen LogP contribution in [0.1, 0.15) is 77.3 Å². The van der Waals surface area contributed by atoms with Gasteiger partial charge < -0.3 is 37.5 Å². The minimum atomic E-state index is -1.37. The molecule has 0 fully saturated rings. The molecular formula is C56H52N6O7. The van der Waals surface area contributed by atoms with Crippen molar-refractivity contribution in [3.8, 4) is 5.75 Å². The SMILES string of the molecule is CCCCCCOc1cc(C(=O)NC(CC(N)=O)C(=O)NCc2ccc3ccc4cccc5ccc2c3c45)cc(C(=O)NC(CC(N)=O)C(=O)NCc2ccc3ccc4cccc5ccc2c3c45)c1. The van der Waals surface area contributed by atoms with Gasteiger partial charge in [0.05, 0.1) is 19.4 Å². The molecule has 0 spiro atoms. The minimum Gasteiger partial charge on any atom is -0.494 e. The first kappa shape index (κ1) is 45.8. The van der Waals surface area contributed by atoms with E-state index in [4.69, 9.17) is 16.2 Å². The Balaban J connectivity index is 0.925. The van der Waals surface area contributed by atoms with Crippen LogP contribution < -0.4 is 37.5 Å². The van der Waals surface area contributed by atoms with Crippen molar-refractivity contribution in [2.75, 3.05) is 6.61 Å². The van der Waals surface area contributed by atoms with Crippen molar-refractivity contribution in [1.29, 1.82) is 0 Å². The molecule has 0 aliphatic rings. The number of benzene rings is 9. The fourth-order valence-electron chi connectivity index (χ4n) is 9.48. The van der Waals surface area contributed by atoms with Crippen molar-refractivity contribution >= 4 is 100 Å². The molecule has 9 aromatic rings. The van der Waals surface area contributed by atoms with Crippen LogP contribution in [0.4, 0.5) is 0 Å². The second-order valence-electron chi connectivity index (χ2n) is 17.6. The van der Waals surface area contributed by atoms with E-state index in [1.54, 1.807) is 0 Å². The lowest BCUT2D eigenvalue weighted by atomic mass is 9.92. The molecule has 9 aromatic carbocycles. The van der Waals surface area contributed by atoms with E-state index in [0.717, 1.165) is 95.0 Å². The van der Waals surface area contributed by atoms with E-state index < -0.39 is 60.4 Å². The standard InChI is InChI=1S/C56H52N6O7/c1-2-3-4-5-24-69-42-26-40(53(65)61-45(28-47(57)63)55(67)59-30-38-18-16-36-14-12-32-8-6-10-34-20-22-43(38)51(36)49(32)34)25-41(27-42)54(66)62-46(29-48(58)64)56(68)60-31-39-19-17-37-15-13-33-9-7-11-35-21-23-44(39)52(37)50(33)35/h6-23,25-27,45-46H,2-5,24,28-31H2,1H3,(H2,57,63)(H2,58,64)(H,59,67)(H,60,68)(H,61,65)(H,62,66). The van der Waals surface area contributed by atoms with Crippen molar-refractivity contribution in [3.05, 3.63) is 150 Å². The largest absolute Gasteiger partial charge is 0.494 e. The van der Waals surface area contributed by atoms with Crippen molar-refractivity contribution < 1.29 is 33.5 Å². The highest BCUT2D eigenvalue weighted by Crippen LogP contribution is 2.37. The second-order valence-corrected chi connectivity index (χ2v) is 17.6. The molecule has 13 nitrogen and oxygen atoms in total. The van der Waals surface area contributed by atoms with Gasteiger partial charge in [-0.1, -0.05) is 135 Å². The van der Waals surface area contributed by atoms with Crippen molar-refractivity contribution in [2.24, 2.45) is 11.5 Å². The maximum atomic E-state index is 14.1. The van der Waals surface area contributed by atoms with E-state index in [1.165, 1.54) is 18.2 Å². The molecule has 13 heteroatoms. The predicted octanol–water partition coefficient (Wildman–Crippen LogP) is 8.02. The van der Waals surface area contributed by atoms with Crippen LogP contribution in [0, 0.1) is 0 Å². The van der Waals surface area contributed by atoms with E-state index in [1.807, 2.05) is 60.7 Å². The molecule has 9 rings (SSSR count). The van der Waals surface area contributed by atoms with E-state index in [-0.39, 0.29) is 36.6 Å². The number of amides is 6. The molecule has 348 valence electrons. The first-order valence-corrected chi connectivity index (χ1v) is 23.3. The van der Waals surface area contributed by atoms with Crippen LogP contribution in [0.5, 0.6) is 5.75 Å². The van der Waals surface area contributed by atoms with Gasteiger partial charge in [0.25, 0.3) is 11.8 Å². The Kier molecular flexibility index (Phi) is 13.2. The van der Waals surface area contributed by atoms with Crippen molar-refractivity contribution in [1.82, 2.24) is 21.3 Å². The summed E-state index contributed by atoms with van der Waals surface area (Å²) in [4.78, 5) is 80.4. The Morgan fingerprint density at radius 1 is 0.493 bits per heavy atom. The zero-order valence-corrected chi connectivity index (χ0v) is 38.2. The smallest absolute Gasteiger partial charge is 0.252 e. The number of unbranched alkanes of at least 4 members (excludes halogenated alkanes) is 3. The monoisotopic (exact) mass is 920 g/mol. The number of primary amides is 2. The Bertz CT molecular complexity index is 3190. The molecule has 0 heterocycles. The van der Waals surface area contributed by atoms with E-state index in [0.29, 0.717) is 6.42 Å². The lowest BCUT2D eigenvalue weighted by molar-refractivity contribution is -0.127. The molecule has 8 N–H and O–H groups in total. The summed E-state index contributed by atoms with van der Waals surface area (Å²) < 4.78 is 6.03. The maximum absolute atomic E-state index is 14.1. The highest BCUT2D eigenvalue weighted by Gasteiger charge is 2.27. The van der Waals surface area contributed by atoms with Gasteiger partial charge in [-0.05, 0) is 100 Å². The molecule has 0 aliphatic heterocycles. The normalized spacial score (nSPS) is 12.4. The van der Waals surface area contributed by atoms with Gasteiger partial charge in [-0.2, -0.15) is 0 Å². The van der Waals surface area contributed by atoms with Crippen LogP contribution in [0.25, 0.3) is 64.6 Å². The van der Waals surface area contributed by atoms with Gasteiger partial charge in [-0.15, -0.1) is 0 Å². The van der Waals surface area contributed by atoms with Crippen LogP contribution in [-0.2, 0) is 32.3 Å². The summed E-state index contributed by atoms with van der Waals surface area (Å²) >= 11 is 0. The molecule has 0 bridgehead atoms. The molecule has 0 radical (unpaired) electrons. The number of carbonyl (C=O) groups excluding carboxylic acids is 6. The van der Waals surface area contributed by atoms with E-state index >= 15 is 0 Å². The first-order chi connectivity index (χ1) is 33.4. The number of ether oxygens (including phenoxy) is 1. The van der Waals surface area contributed by atoms with Gasteiger partial charge in [-0.25, -0.2) is 0 Å². The highest BCUT2D eigenvalue weighted by molar-refractivity contribution is 6.24. The van der Waals surface area contributed by atoms with Crippen molar-refractivity contribution in [2.45, 2.75) is 70.6 Å². The zero-order valence-electron chi connectivity index (χ0n) is 38.2. The number of nitrogens with two attached hydrogens (primary N) is 2. The molecule has 2 unspecified atom stereocenters. The summed E-state index contributed by atoms with van der Waals surface area (Å²) in [5.41, 5.74) is 12.7. The third-order valence-electron chi connectivity index (χ3n) is 12.9. The average Bonchev–Trinajstić information content (AvgIpc) is 3.35. The summed E-state index contributed by atoms with van der Waals surface area (Å²) in [5, 5.41) is 23.9. The number of rotatable bonds is 20.